The van der Waals surface area contributed by atoms with Gasteiger partial charge >= 0.3 is 0 Å². The number of rotatable bonds is 3. The number of hydrogen-bond donors (Lipinski definition) is 1. The van der Waals surface area contributed by atoms with Gasteiger partial charge in [-0.25, -0.2) is 4.98 Å². The van der Waals surface area contributed by atoms with Crippen LogP contribution in [0.15, 0.2) is 42.6 Å². The van der Waals surface area contributed by atoms with Crippen molar-refractivity contribution < 1.29 is 9.53 Å². The van der Waals surface area contributed by atoms with Crippen LogP contribution in [0.5, 0.6) is 0 Å². The summed E-state index contributed by atoms with van der Waals surface area (Å²) in [6.07, 6.45) is 1.43. The lowest BCUT2D eigenvalue weighted by Gasteiger charge is -2.34. The van der Waals surface area contributed by atoms with E-state index in [0.29, 0.717) is 36.1 Å². The first-order valence-electron chi connectivity index (χ1n) is 7.02. The van der Waals surface area contributed by atoms with E-state index in [2.05, 4.69) is 9.88 Å². The Balaban J connectivity index is 1.82. The Labute approximate surface area is 133 Å². The second-order valence-corrected chi connectivity index (χ2v) is 5.52. The number of morpholine rings is 1. The lowest BCUT2D eigenvalue weighted by molar-refractivity contribution is 0.0395. The first-order chi connectivity index (χ1) is 10.6. The fraction of sp³-hybridized carbons (Fsp3) is 0.250. The van der Waals surface area contributed by atoms with Crippen LogP contribution in [-0.2, 0) is 4.74 Å². The highest BCUT2D eigenvalue weighted by Gasteiger charge is 2.24. The van der Waals surface area contributed by atoms with E-state index < -0.39 is 5.91 Å². The van der Waals surface area contributed by atoms with Crippen molar-refractivity contribution >= 4 is 23.3 Å². The molecule has 114 valence electrons. The second kappa shape index (κ2) is 6.34. The van der Waals surface area contributed by atoms with Gasteiger partial charge < -0.3 is 15.4 Å². The SMILES string of the molecule is NC(=O)c1cnc(N2CCOC(c3ccccc3)C2)c(Cl)c1. The number of ether oxygens (including phenoxy) is 1. The summed E-state index contributed by atoms with van der Waals surface area (Å²) in [4.78, 5) is 17.5. The Bertz CT molecular complexity index is 678. The maximum atomic E-state index is 11.2. The van der Waals surface area contributed by atoms with Crippen LogP contribution in [0.4, 0.5) is 5.82 Å². The highest BCUT2D eigenvalue weighted by molar-refractivity contribution is 6.33. The number of carbonyl (C=O) groups is 1. The number of nitrogens with zero attached hydrogens (tertiary/aromatic N) is 2. The minimum Gasteiger partial charge on any atom is -0.370 e. The molecule has 3 rings (SSSR count). The van der Waals surface area contributed by atoms with E-state index in [1.54, 1.807) is 6.07 Å². The van der Waals surface area contributed by atoms with Crippen molar-refractivity contribution in [1.29, 1.82) is 0 Å². The molecule has 0 bridgehead atoms. The molecule has 1 atom stereocenters. The predicted molar refractivity (Wildman–Crippen MR) is 85.1 cm³/mol. The van der Waals surface area contributed by atoms with Crippen molar-refractivity contribution in [1.82, 2.24) is 4.98 Å². The van der Waals surface area contributed by atoms with Gasteiger partial charge in [-0.15, -0.1) is 0 Å². The second-order valence-electron chi connectivity index (χ2n) is 5.11. The molecule has 22 heavy (non-hydrogen) atoms. The standard InChI is InChI=1S/C16H16ClN3O2/c17-13-8-12(15(18)21)9-19-16(13)20-6-7-22-14(10-20)11-4-2-1-3-5-11/h1-5,8-9,14H,6-7,10H2,(H2,18,21). The summed E-state index contributed by atoms with van der Waals surface area (Å²) in [7, 11) is 0. The van der Waals surface area contributed by atoms with Gasteiger partial charge in [-0.05, 0) is 11.6 Å². The number of aromatic nitrogens is 1. The van der Waals surface area contributed by atoms with Crippen LogP contribution in [0, 0.1) is 0 Å². The number of anilines is 1. The maximum absolute atomic E-state index is 11.2. The Hall–Kier alpha value is -2.11. The first kappa shape index (κ1) is 14.8. The summed E-state index contributed by atoms with van der Waals surface area (Å²) in [6, 6.07) is 11.6. The topological polar surface area (TPSA) is 68.5 Å². The molecule has 1 aromatic carbocycles. The van der Waals surface area contributed by atoms with Crippen LogP contribution < -0.4 is 10.6 Å². The molecule has 2 aromatic rings. The third kappa shape index (κ3) is 3.05. The molecule has 1 saturated heterocycles. The lowest BCUT2D eigenvalue weighted by Crippen LogP contribution is -2.39. The molecular formula is C16H16ClN3O2. The van der Waals surface area contributed by atoms with E-state index in [1.807, 2.05) is 30.3 Å². The van der Waals surface area contributed by atoms with Gasteiger partial charge in [0.2, 0.25) is 5.91 Å². The van der Waals surface area contributed by atoms with Gasteiger partial charge in [0.15, 0.2) is 0 Å². The minimum atomic E-state index is -0.537. The van der Waals surface area contributed by atoms with E-state index >= 15 is 0 Å². The molecule has 0 aliphatic carbocycles. The van der Waals surface area contributed by atoms with Gasteiger partial charge in [-0.3, -0.25) is 4.79 Å². The van der Waals surface area contributed by atoms with Crippen LogP contribution in [0.1, 0.15) is 22.0 Å². The van der Waals surface area contributed by atoms with Gasteiger partial charge in [0.1, 0.15) is 11.9 Å². The summed E-state index contributed by atoms with van der Waals surface area (Å²) in [5, 5.41) is 0.421. The average molecular weight is 318 g/mol. The fourth-order valence-corrected chi connectivity index (χ4v) is 2.80. The quantitative estimate of drug-likeness (QED) is 0.944. The van der Waals surface area contributed by atoms with E-state index in [4.69, 9.17) is 22.1 Å². The molecule has 0 spiro atoms. The molecule has 2 N–H and O–H groups in total. The molecule has 1 aliphatic heterocycles. The molecule has 5 nitrogen and oxygen atoms in total. The van der Waals surface area contributed by atoms with Gasteiger partial charge in [0, 0.05) is 19.3 Å². The van der Waals surface area contributed by atoms with E-state index in [0.717, 1.165) is 5.56 Å². The number of benzene rings is 1. The molecule has 1 aromatic heterocycles. The summed E-state index contributed by atoms with van der Waals surface area (Å²) >= 11 is 6.25. The minimum absolute atomic E-state index is 0.0244. The zero-order valence-corrected chi connectivity index (χ0v) is 12.7. The summed E-state index contributed by atoms with van der Waals surface area (Å²) in [5.41, 5.74) is 6.67. The number of pyridine rings is 1. The van der Waals surface area contributed by atoms with Crippen molar-refractivity contribution in [3.8, 4) is 0 Å². The summed E-state index contributed by atoms with van der Waals surface area (Å²) in [5.74, 6) is 0.112. The lowest BCUT2D eigenvalue weighted by atomic mass is 10.1. The van der Waals surface area contributed by atoms with E-state index in [9.17, 15) is 4.79 Å². The van der Waals surface area contributed by atoms with Crippen molar-refractivity contribution in [2.45, 2.75) is 6.10 Å². The zero-order valence-electron chi connectivity index (χ0n) is 11.9. The first-order valence-corrected chi connectivity index (χ1v) is 7.40. The van der Waals surface area contributed by atoms with Crippen molar-refractivity contribution in [2.24, 2.45) is 5.73 Å². The molecule has 6 heteroatoms. The highest BCUT2D eigenvalue weighted by Crippen LogP contribution is 2.29. The van der Waals surface area contributed by atoms with Crippen LogP contribution in [0.2, 0.25) is 5.02 Å². The van der Waals surface area contributed by atoms with E-state index in [-0.39, 0.29) is 6.10 Å². The normalized spacial score (nSPS) is 18.2. The molecule has 1 aliphatic rings. The van der Waals surface area contributed by atoms with Gasteiger partial charge in [-0.2, -0.15) is 0 Å². The van der Waals surface area contributed by atoms with Gasteiger partial charge in [0.05, 0.1) is 17.2 Å². The Morgan fingerprint density at radius 3 is 2.82 bits per heavy atom. The van der Waals surface area contributed by atoms with Gasteiger partial charge in [0.25, 0.3) is 0 Å². The fourth-order valence-electron chi connectivity index (χ4n) is 2.51. The van der Waals surface area contributed by atoms with Crippen LogP contribution in [0.3, 0.4) is 0 Å². The molecule has 2 heterocycles. The molecule has 1 amide bonds. The number of primary amides is 1. The van der Waals surface area contributed by atoms with Crippen LogP contribution in [-0.4, -0.2) is 30.6 Å². The third-order valence-corrected chi connectivity index (χ3v) is 3.92. The zero-order chi connectivity index (χ0) is 15.5. The molecule has 1 unspecified atom stereocenters. The number of amides is 1. The average Bonchev–Trinajstić information content (AvgIpc) is 2.55. The van der Waals surface area contributed by atoms with Crippen molar-refractivity contribution in [3.05, 3.63) is 58.7 Å². The highest BCUT2D eigenvalue weighted by atomic mass is 35.5. The Morgan fingerprint density at radius 2 is 2.14 bits per heavy atom. The monoisotopic (exact) mass is 317 g/mol. The Morgan fingerprint density at radius 1 is 1.36 bits per heavy atom. The third-order valence-electron chi connectivity index (χ3n) is 3.64. The largest absolute Gasteiger partial charge is 0.370 e. The van der Waals surface area contributed by atoms with Crippen molar-refractivity contribution in [3.63, 3.8) is 0 Å². The van der Waals surface area contributed by atoms with E-state index in [1.165, 1.54) is 6.20 Å². The maximum Gasteiger partial charge on any atom is 0.250 e. The van der Waals surface area contributed by atoms with Crippen LogP contribution in [0.25, 0.3) is 0 Å². The number of hydrogen-bond acceptors (Lipinski definition) is 4. The molecule has 1 fully saturated rings. The number of halogens is 1. The van der Waals surface area contributed by atoms with Crippen LogP contribution >= 0.6 is 11.6 Å². The van der Waals surface area contributed by atoms with Crippen molar-refractivity contribution in [2.75, 3.05) is 24.6 Å². The summed E-state index contributed by atoms with van der Waals surface area (Å²) < 4.78 is 5.83. The molecule has 0 radical (unpaired) electrons. The van der Waals surface area contributed by atoms with Gasteiger partial charge in [-0.1, -0.05) is 41.9 Å². The Kier molecular flexibility index (Phi) is 4.27. The number of nitrogens with two attached hydrogens (primary N) is 1. The summed E-state index contributed by atoms with van der Waals surface area (Å²) in [6.45, 7) is 1.95. The smallest absolute Gasteiger partial charge is 0.250 e. The predicted octanol–water partition coefficient (Wildman–Crippen LogP) is 2.41. The molecular weight excluding hydrogens is 302 g/mol. The molecule has 0 saturated carbocycles. The number of carbonyl (C=O) groups excluding carboxylic acids is 1.